The summed E-state index contributed by atoms with van der Waals surface area (Å²) in [7, 11) is 0. The molecule has 0 bridgehead atoms. The molecule has 5 nitrogen and oxygen atoms in total. The molecule has 1 saturated carbocycles. The average Bonchev–Trinajstić information content (AvgIpc) is 2.36. The predicted molar refractivity (Wildman–Crippen MR) is 68.9 cm³/mol. The summed E-state index contributed by atoms with van der Waals surface area (Å²) in [5.74, 6) is -0.407. The molecule has 5 heteroatoms. The summed E-state index contributed by atoms with van der Waals surface area (Å²) in [6.07, 6.45) is 5.34. The Morgan fingerprint density at radius 1 is 1.28 bits per heavy atom. The van der Waals surface area contributed by atoms with Gasteiger partial charge in [0, 0.05) is 18.9 Å². The fraction of sp³-hybridized carbons (Fsp3) is 0.846. The highest BCUT2D eigenvalue weighted by atomic mass is 16.3. The summed E-state index contributed by atoms with van der Waals surface area (Å²) >= 11 is 0. The molecular weight excluding hydrogens is 232 g/mol. The summed E-state index contributed by atoms with van der Waals surface area (Å²) < 4.78 is 0. The lowest BCUT2D eigenvalue weighted by Gasteiger charge is -2.35. The van der Waals surface area contributed by atoms with E-state index in [1.54, 1.807) is 6.92 Å². The van der Waals surface area contributed by atoms with Crippen LogP contribution < -0.4 is 10.6 Å². The first-order chi connectivity index (χ1) is 8.49. The van der Waals surface area contributed by atoms with Gasteiger partial charge in [-0.1, -0.05) is 19.3 Å². The molecule has 1 aliphatic carbocycles. The van der Waals surface area contributed by atoms with Crippen molar-refractivity contribution in [2.75, 3.05) is 13.2 Å². The first kappa shape index (κ1) is 15.0. The van der Waals surface area contributed by atoms with E-state index in [-0.39, 0.29) is 23.8 Å². The summed E-state index contributed by atoms with van der Waals surface area (Å²) in [5, 5.41) is 14.9. The van der Waals surface area contributed by atoms with Crippen LogP contribution in [0.2, 0.25) is 0 Å². The van der Waals surface area contributed by atoms with Crippen molar-refractivity contribution in [3.63, 3.8) is 0 Å². The maximum Gasteiger partial charge on any atom is 0.242 e. The molecule has 0 heterocycles. The Bertz CT molecular complexity index is 299. The van der Waals surface area contributed by atoms with E-state index in [2.05, 4.69) is 10.6 Å². The molecule has 0 aromatic carbocycles. The van der Waals surface area contributed by atoms with Crippen molar-refractivity contribution < 1.29 is 14.7 Å². The number of carbonyl (C=O) groups excluding carboxylic acids is 2. The largest absolute Gasteiger partial charge is 0.396 e. The van der Waals surface area contributed by atoms with Gasteiger partial charge in [0.25, 0.3) is 0 Å². The lowest BCUT2D eigenvalue weighted by Crippen LogP contribution is -2.48. The second-order valence-electron chi connectivity index (χ2n) is 5.36. The number of nitrogens with one attached hydrogen (secondary N) is 2. The summed E-state index contributed by atoms with van der Waals surface area (Å²) in [6, 6.07) is -0.526. The first-order valence-corrected chi connectivity index (χ1v) is 6.65. The highest BCUT2D eigenvalue weighted by molar-refractivity contribution is 5.86. The monoisotopic (exact) mass is 256 g/mol. The zero-order chi connectivity index (χ0) is 13.6. The van der Waals surface area contributed by atoms with Gasteiger partial charge in [0.2, 0.25) is 11.8 Å². The molecule has 0 aromatic rings. The van der Waals surface area contributed by atoms with Gasteiger partial charge in [-0.2, -0.15) is 0 Å². The van der Waals surface area contributed by atoms with Gasteiger partial charge < -0.3 is 15.7 Å². The predicted octanol–water partition coefficient (Wildman–Crippen LogP) is 0.570. The van der Waals surface area contributed by atoms with Crippen LogP contribution in [0.3, 0.4) is 0 Å². The Morgan fingerprint density at radius 2 is 1.89 bits per heavy atom. The van der Waals surface area contributed by atoms with Crippen molar-refractivity contribution in [2.24, 2.45) is 5.41 Å². The third-order valence-electron chi connectivity index (χ3n) is 3.70. The second-order valence-corrected chi connectivity index (χ2v) is 5.36. The SMILES string of the molecule is CC(=O)NC(C)C(=O)NCC1(CO)CCCCC1. The van der Waals surface area contributed by atoms with Crippen LogP contribution in [0.4, 0.5) is 0 Å². The smallest absolute Gasteiger partial charge is 0.242 e. The fourth-order valence-corrected chi connectivity index (χ4v) is 2.49. The van der Waals surface area contributed by atoms with E-state index in [1.807, 2.05) is 0 Å². The Kier molecular flexibility index (Phi) is 5.59. The van der Waals surface area contributed by atoms with Crippen LogP contribution >= 0.6 is 0 Å². The Morgan fingerprint density at radius 3 is 2.39 bits per heavy atom. The van der Waals surface area contributed by atoms with Gasteiger partial charge in [-0.05, 0) is 19.8 Å². The molecule has 0 aromatic heterocycles. The number of amides is 2. The molecule has 3 N–H and O–H groups in total. The lowest BCUT2D eigenvalue weighted by molar-refractivity contribution is -0.128. The maximum absolute atomic E-state index is 11.8. The molecule has 0 saturated heterocycles. The molecule has 0 aliphatic heterocycles. The topological polar surface area (TPSA) is 78.4 Å². The first-order valence-electron chi connectivity index (χ1n) is 6.65. The molecule has 104 valence electrons. The number of hydrogen-bond acceptors (Lipinski definition) is 3. The minimum atomic E-state index is -0.526. The minimum Gasteiger partial charge on any atom is -0.396 e. The molecule has 1 rings (SSSR count). The van der Waals surface area contributed by atoms with E-state index in [4.69, 9.17) is 0 Å². The van der Waals surface area contributed by atoms with Crippen molar-refractivity contribution in [1.82, 2.24) is 10.6 Å². The third kappa shape index (κ3) is 4.29. The van der Waals surface area contributed by atoms with Gasteiger partial charge in [0.15, 0.2) is 0 Å². The maximum atomic E-state index is 11.8. The van der Waals surface area contributed by atoms with Gasteiger partial charge in [0.05, 0.1) is 6.61 Å². The van der Waals surface area contributed by atoms with Gasteiger partial charge in [-0.25, -0.2) is 0 Å². The number of aliphatic hydroxyl groups excluding tert-OH is 1. The number of carbonyl (C=O) groups is 2. The van der Waals surface area contributed by atoms with Crippen molar-refractivity contribution in [3.05, 3.63) is 0 Å². The zero-order valence-electron chi connectivity index (χ0n) is 11.3. The molecule has 1 fully saturated rings. The molecule has 1 atom stereocenters. The van der Waals surface area contributed by atoms with Crippen LogP contribution in [0.25, 0.3) is 0 Å². The molecule has 18 heavy (non-hydrogen) atoms. The van der Waals surface area contributed by atoms with Crippen molar-refractivity contribution in [3.8, 4) is 0 Å². The lowest BCUT2D eigenvalue weighted by atomic mass is 9.74. The molecular formula is C13H24N2O3. The molecule has 0 radical (unpaired) electrons. The molecule has 1 aliphatic rings. The van der Waals surface area contributed by atoms with Crippen LogP contribution in [-0.2, 0) is 9.59 Å². The van der Waals surface area contributed by atoms with Gasteiger partial charge in [-0.15, -0.1) is 0 Å². The van der Waals surface area contributed by atoms with Crippen LogP contribution in [0.5, 0.6) is 0 Å². The van der Waals surface area contributed by atoms with Gasteiger partial charge >= 0.3 is 0 Å². The average molecular weight is 256 g/mol. The van der Waals surface area contributed by atoms with E-state index < -0.39 is 6.04 Å². The zero-order valence-corrected chi connectivity index (χ0v) is 11.3. The summed E-state index contributed by atoms with van der Waals surface area (Å²) in [6.45, 7) is 3.65. The standard InChI is InChI=1S/C13H24N2O3/c1-10(15-11(2)17)12(18)14-8-13(9-16)6-4-3-5-7-13/h10,16H,3-9H2,1-2H3,(H,14,18)(H,15,17). The summed E-state index contributed by atoms with van der Waals surface area (Å²) in [4.78, 5) is 22.6. The highest BCUT2D eigenvalue weighted by Crippen LogP contribution is 2.35. The van der Waals surface area contributed by atoms with Gasteiger partial charge in [-0.3, -0.25) is 9.59 Å². The summed E-state index contributed by atoms with van der Waals surface area (Å²) in [5.41, 5.74) is -0.163. The minimum absolute atomic E-state index is 0.113. The number of hydrogen-bond donors (Lipinski definition) is 3. The quantitative estimate of drug-likeness (QED) is 0.673. The van der Waals surface area contributed by atoms with E-state index in [0.717, 1.165) is 25.7 Å². The highest BCUT2D eigenvalue weighted by Gasteiger charge is 2.32. The fourth-order valence-electron chi connectivity index (χ4n) is 2.49. The molecule has 0 spiro atoms. The van der Waals surface area contributed by atoms with Crippen molar-refractivity contribution in [1.29, 1.82) is 0 Å². The normalized spacial score (nSPS) is 19.9. The van der Waals surface area contributed by atoms with Crippen LogP contribution in [-0.4, -0.2) is 36.1 Å². The Labute approximate surface area is 108 Å². The van der Waals surface area contributed by atoms with E-state index >= 15 is 0 Å². The van der Waals surface area contributed by atoms with E-state index in [1.165, 1.54) is 13.3 Å². The Hall–Kier alpha value is -1.10. The van der Waals surface area contributed by atoms with Crippen molar-refractivity contribution in [2.45, 2.75) is 52.0 Å². The van der Waals surface area contributed by atoms with Crippen LogP contribution in [0, 0.1) is 5.41 Å². The molecule has 2 amide bonds. The van der Waals surface area contributed by atoms with Gasteiger partial charge in [0.1, 0.15) is 6.04 Å². The molecule has 1 unspecified atom stereocenters. The number of aliphatic hydroxyl groups is 1. The van der Waals surface area contributed by atoms with Crippen molar-refractivity contribution >= 4 is 11.8 Å². The number of rotatable bonds is 5. The Balaban J connectivity index is 2.42. The van der Waals surface area contributed by atoms with Crippen LogP contribution in [0.1, 0.15) is 46.0 Å². The second kappa shape index (κ2) is 6.73. The third-order valence-corrected chi connectivity index (χ3v) is 3.70. The van der Waals surface area contributed by atoms with E-state index in [9.17, 15) is 14.7 Å². The van der Waals surface area contributed by atoms with E-state index in [0.29, 0.717) is 6.54 Å². The van der Waals surface area contributed by atoms with Crippen LogP contribution in [0.15, 0.2) is 0 Å².